The van der Waals surface area contributed by atoms with E-state index in [0.29, 0.717) is 0 Å². The molecule has 3 N–H and O–H groups in total. The summed E-state index contributed by atoms with van der Waals surface area (Å²) in [5, 5.41) is 7.43. The average Bonchev–Trinajstić information content (AvgIpc) is 2.65. The number of carbonyl (C=O) groups excluding carboxylic acids is 1. The van der Waals surface area contributed by atoms with Gasteiger partial charge < -0.3 is 16.0 Å². The van der Waals surface area contributed by atoms with Gasteiger partial charge in [-0.25, -0.2) is 0 Å². The first-order chi connectivity index (χ1) is 9.02. The minimum absolute atomic E-state index is 0.0479. The number of rotatable bonds is 3. The molecule has 0 saturated carbocycles. The molecule has 1 aliphatic rings. The Labute approximate surface area is 113 Å². The summed E-state index contributed by atoms with van der Waals surface area (Å²) in [6.45, 7) is 5.43. The van der Waals surface area contributed by atoms with Crippen molar-refractivity contribution in [3.63, 3.8) is 0 Å². The molecule has 1 saturated heterocycles. The fourth-order valence-electron chi connectivity index (χ4n) is 2.74. The van der Waals surface area contributed by atoms with Crippen molar-refractivity contribution in [3.8, 4) is 0 Å². The fraction of sp³-hybridized carbons (Fsp3) is 0.692. The van der Waals surface area contributed by atoms with Gasteiger partial charge >= 0.3 is 0 Å². The highest BCUT2D eigenvalue weighted by Crippen LogP contribution is 2.28. The highest BCUT2D eigenvalue weighted by molar-refractivity contribution is 5.73. The third kappa shape index (κ3) is 2.83. The summed E-state index contributed by atoms with van der Waals surface area (Å²) in [4.78, 5) is 13.3. The second-order valence-corrected chi connectivity index (χ2v) is 5.12. The van der Waals surface area contributed by atoms with Crippen LogP contribution in [-0.4, -0.2) is 34.8 Å². The number of nitrogens with zero attached hydrogens (tertiary/aromatic N) is 3. The average molecular weight is 265 g/mol. The largest absolute Gasteiger partial charge is 0.394 e. The van der Waals surface area contributed by atoms with Crippen molar-refractivity contribution in [2.45, 2.75) is 39.2 Å². The highest BCUT2D eigenvalue weighted by Gasteiger charge is 2.24. The van der Waals surface area contributed by atoms with Crippen LogP contribution >= 0.6 is 0 Å². The number of hydrogen-bond acceptors (Lipinski definition) is 4. The lowest BCUT2D eigenvalue weighted by molar-refractivity contribution is -0.119. The van der Waals surface area contributed by atoms with E-state index in [1.165, 1.54) is 0 Å². The van der Waals surface area contributed by atoms with E-state index in [4.69, 9.17) is 5.73 Å². The van der Waals surface area contributed by atoms with Crippen LogP contribution < -0.4 is 16.0 Å². The minimum Gasteiger partial charge on any atom is -0.394 e. The van der Waals surface area contributed by atoms with E-state index in [1.807, 2.05) is 11.7 Å². The number of aryl methyl sites for hydroxylation is 2. The summed E-state index contributed by atoms with van der Waals surface area (Å²) in [7, 11) is 1.94. The zero-order chi connectivity index (χ0) is 14.0. The Hall–Kier alpha value is -1.72. The summed E-state index contributed by atoms with van der Waals surface area (Å²) in [6.07, 6.45) is 2.75. The van der Waals surface area contributed by atoms with Gasteiger partial charge in [-0.3, -0.25) is 9.48 Å². The normalized spacial score (nSPS) is 16.7. The molecule has 0 aromatic carbocycles. The molecule has 1 fully saturated rings. The summed E-state index contributed by atoms with van der Waals surface area (Å²) >= 11 is 0. The lowest BCUT2D eigenvalue weighted by Gasteiger charge is -2.33. The molecule has 0 radical (unpaired) electrons. The van der Waals surface area contributed by atoms with Gasteiger partial charge in [0, 0.05) is 33.1 Å². The number of nitrogens with two attached hydrogens (primary N) is 1. The van der Waals surface area contributed by atoms with Crippen molar-refractivity contribution in [2.24, 2.45) is 7.05 Å². The van der Waals surface area contributed by atoms with Crippen molar-refractivity contribution in [1.29, 1.82) is 0 Å². The smallest absolute Gasteiger partial charge is 0.217 e. The summed E-state index contributed by atoms with van der Waals surface area (Å²) in [5.74, 6) is 1.06. The predicted molar refractivity (Wildman–Crippen MR) is 76.1 cm³/mol. The SMILES string of the molecule is CCc1nn(C)c(N2CCC(NC(C)=O)CC2)c1N. The predicted octanol–water partition coefficient (Wildman–Crippen LogP) is 0.670. The first kappa shape index (κ1) is 13.7. The number of amides is 1. The van der Waals surface area contributed by atoms with Gasteiger partial charge in [-0.2, -0.15) is 5.10 Å². The van der Waals surface area contributed by atoms with Crippen LogP contribution in [0.25, 0.3) is 0 Å². The van der Waals surface area contributed by atoms with Gasteiger partial charge in [-0.15, -0.1) is 0 Å². The molecule has 1 aromatic heterocycles. The topological polar surface area (TPSA) is 76.2 Å². The number of nitrogen functional groups attached to an aromatic ring is 1. The van der Waals surface area contributed by atoms with E-state index in [0.717, 1.165) is 49.6 Å². The summed E-state index contributed by atoms with van der Waals surface area (Å²) in [5.41, 5.74) is 7.92. The van der Waals surface area contributed by atoms with E-state index in [9.17, 15) is 4.79 Å². The van der Waals surface area contributed by atoms with Gasteiger partial charge in [0.2, 0.25) is 5.91 Å². The van der Waals surface area contributed by atoms with Crippen LogP contribution in [0.2, 0.25) is 0 Å². The molecule has 2 rings (SSSR count). The molecule has 1 aromatic rings. The molecule has 106 valence electrons. The van der Waals surface area contributed by atoms with Crippen LogP contribution in [0.5, 0.6) is 0 Å². The molecule has 6 nitrogen and oxygen atoms in total. The van der Waals surface area contributed by atoms with Gasteiger partial charge in [0.15, 0.2) is 0 Å². The summed E-state index contributed by atoms with van der Waals surface area (Å²) < 4.78 is 1.87. The van der Waals surface area contributed by atoms with E-state index in [-0.39, 0.29) is 11.9 Å². The summed E-state index contributed by atoms with van der Waals surface area (Å²) in [6, 6.07) is 0.286. The van der Waals surface area contributed by atoms with Crippen LogP contribution in [0.15, 0.2) is 0 Å². The van der Waals surface area contributed by atoms with Crippen molar-refractivity contribution < 1.29 is 4.79 Å². The van der Waals surface area contributed by atoms with Gasteiger partial charge in [-0.1, -0.05) is 6.92 Å². The quantitative estimate of drug-likeness (QED) is 0.842. The lowest BCUT2D eigenvalue weighted by Crippen LogP contribution is -2.44. The van der Waals surface area contributed by atoms with Gasteiger partial charge in [0.1, 0.15) is 5.82 Å². The van der Waals surface area contributed by atoms with Crippen LogP contribution in [-0.2, 0) is 18.3 Å². The monoisotopic (exact) mass is 265 g/mol. The molecule has 0 bridgehead atoms. The Kier molecular flexibility index (Phi) is 3.97. The number of carbonyl (C=O) groups is 1. The number of piperidine rings is 1. The molecular weight excluding hydrogens is 242 g/mol. The maximum atomic E-state index is 11.1. The standard InChI is InChI=1S/C13H23N5O/c1-4-11-12(14)13(17(3)16-11)18-7-5-10(6-8-18)15-9(2)19/h10H,4-8,14H2,1-3H3,(H,15,19). The first-order valence-electron chi connectivity index (χ1n) is 6.86. The number of hydrogen-bond donors (Lipinski definition) is 2. The molecule has 2 heterocycles. The lowest BCUT2D eigenvalue weighted by atomic mass is 10.0. The van der Waals surface area contributed by atoms with E-state index >= 15 is 0 Å². The number of anilines is 2. The van der Waals surface area contributed by atoms with E-state index in [2.05, 4.69) is 22.2 Å². The van der Waals surface area contributed by atoms with E-state index in [1.54, 1.807) is 6.92 Å². The zero-order valence-corrected chi connectivity index (χ0v) is 11.9. The van der Waals surface area contributed by atoms with Crippen LogP contribution in [0.1, 0.15) is 32.4 Å². The molecule has 0 aliphatic carbocycles. The molecule has 1 amide bonds. The Morgan fingerprint density at radius 2 is 2.11 bits per heavy atom. The second-order valence-electron chi connectivity index (χ2n) is 5.12. The Morgan fingerprint density at radius 1 is 1.47 bits per heavy atom. The molecule has 6 heteroatoms. The fourth-order valence-corrected chi connectivity index (χ4v) is 2.74. The minimum atomic E-state index is 0.0479. The number of nitrogens with one attached hydrogen (secondary N) is 1. The van der Waals surface area contributed by atoms with Crippen molar-refractivity contribution in [1.82, 2.24) is 15.1 Å². The van der Waals surface area contributed by atoms with Crippen LogP contribution in [0.3, 0.4) is 0 Å². The first-order valence-corrected chi connectivity index (χ1v) is 6.86. The third-order valence-electron chi connectivity index (χ3n) is 3.67. The molecule has 0 unspecified atom stereocenters. The zero-order valence-electron chi connectivity index (χ0n) is 11.9. The van der Waals surface area contributed by atoms with Gasteiger partial charge in [-0.05, 0) is 19.3 Å². The van der Waals surface area contributed by atoms with Gasteiger partial charge in [0.05, 0.1) is 11.4 Å². The maximum absolute atomic E-state index is 11.1. The molecular formula is C13H23N5O. The Bertz CT molecular complexity index is 460. The van der Waals surface area contributed by atoms with Crippen molar-refractivity contribution >= 4 is 17.4 Å². The Balaban J connectivity index is 2.05. The maximum Gasteiger partial charge on any atom is 0.217 e. The van der Waals surface area contributed by atoms with Gasteiger partial charge in [0.25, 0.3) is 0 Å². The van der Waals surface area contributed by atoms with Crippen molar-refractivity contribution in [3.05, 3.63) is 5.69 Å². The Morgan fingerprint density at radius 3 is 2.58 bits per heavy atom. The number of aromatic nitrogens is 2. The van der Waals surface area contributed by atoms with Crippen LogP contribution in [0, 0.1) is 0 Å². The molecule has 1 aliphatic heterocycles. The highest BCUT2D eigenvalue weighted by atomic mass is 16.1. The molecule has 0 spiro atoms. The molecule has 0 atom stereocenters. The second kappa shape index (κ2) is 5.50. The van der Waals surface area contributed by atoms with E-state index < -0.39 is 0 Å². The third-order valence-corrected chi connectivity index (χ3v) is 3.67. The van der Waals surface area contributed by atoms with Crippen molar-refractivity contribution in [2.75, 3.05) is 23.7 Å². The molecule has 19 heavy (non-hydrogen) atoms. The van der Waals surface area contributed by atoms with Crippen LogP contribution in [0.4, 0.5) is 11.5 Å².